The Bertz CT molecular complexity index is 151. The number of halogens is 1. The summed E-state index contributed by atoms with van der Waals surface area (Å²) in [6.45, 7) is 0. The normalized spacial score (nSPS) is 7.90. The van der Waals surface area contributed by atoms with Crippen molar-refractivity contribution in [3.63, 3.8) is 0 Å². The second kappa shape index (κ2) is 7.60. The van der Waals surface area contributed by atoms with Gasteiger partial charge in [0, 0.05) is 4.47 Å². The van der Waals surface area contributed by atoms with E-state index < -0.39 is 0 Å². The van der Waals surface area contributed by atoms with Crippen LogP contribution in [0.15, 0.2) is 34.8 Å². The van der Waals surface area contributed by atoms with Crippen LogP contribution in [-0.2, 0) is 0 Å². The van der Waals surface area contributed by atoms with Crippen molar-refractivity contribution in [3.05, 3.63) is 34.8 Å². The monoisotopic (exact) mass is 306 g/mol. The molecule has 0 aliphatic carbocycles. The van der Waals surface area contributed by atoms with Gasteiger partial charge in [0.15, 0.2) is 0 Å². The maximum atomic E-state index is 3.31. The van der Waals surface area contributed by atoms with E-state index in [4.69, 9.17) is 0 Å². The molecule has 0 saturated heterocycles. The summed E-state index contributed by atoms with van der Waals surface area (Å²) in [6, 6.07) is 9.97. The molecule has 0 aromatic heterocycles. The molecule has 0 amide bonds. The molecule has 2 radical (unpaired) electrons. The van der Waals surface area contributed by atoms with Gasteiger partial charge in [0.05, 0.1) is 0 Å². The Balaban J connectivity index is 0.000000236. The first-order chi connectivity index (χ1) is 4.81. The number of hydrogen-bond donors (Lipinski definition) is 0. The minimum absolute atomic E-state index is 0.230. The van der Waals surface area contributed by atoms with Crippen LogP contribution in [0, 0.1) is 0 Å². The van der Waals surface area contributed by atoms with Gasteiger partial charge in [0.2, 0.25) is 0 Å². The van der Waals surface area contributed by atoms with E-state index in [2.05, 4.69) is 25.8 Å². The fourth-order valence-corrected chi connectivity index (χ4v) is 0.720. The topological polar surface area (TPSA) is 0 Å². The Kier molecular flexibility index (Phi) is 7.98. The summed E-state index contributed by atoms with van der Waals surface area (Å²) in [5, 5.41) is 0. The molecular formula is C8H11BrSn. The zero-order valence-electron chi connectivity index (χ0n) is 6.26. The SMILES string of the molecule is Brc1ccccc1.[CH3][Sn][CH3]. The standard InChI is InChI=1S/C6H5Br.2CH3.Sn/c7-6-4-2-1-3-5-6;;;/h1-5H;2*1H3;. The first-order valence-electron chi connectivity index (χ1n) is 3.10. The summed E-state index contributed by atoms with van der Waals surface area (Å²) in [5.41, 5.74) is 0. The van der Waals surface area contributed by atoms with Crippen molar-refractivity contribution in [1.82, 2.24) is 0 Å². The van der Waals surface area contributed by atoms with Crippen molar-refractivity contribution in [3.8, 4) is 0 Å². The van der Waals surface area contributed by atoms with E-state index in [0.29, 0.717) is 0 Å². The predicted molar refractivity (Wildman–Crippen MR) is 51.6 cm³/mol. The summed E-state index contributed by atoms with van der Waals surface area (Å²) < 4.78 is 1.13. The molecule has 0 unspecified atom stereocenters. The summed E-state index contributed by atoms with van der Waals surface area (Å²) in [7, 11) is 0. The third-order valence-electron chi connectivity index (χ3n) is 0.733. The van der Waals surface area contributed by atoms with Crippen molar-refractivity contribution in [2.24, 2.45) is 0 Å². The van der Waals surface area contributed by atoms with Crippen LogP contribution in [0.4, 0.5) is 0 Å². The van der Waals surface area contributed by atoms with Crippen LogP contribution in [0.25, 0.3) is 0 Å². The molecule has 0 aliphatic rings. The van der Waals surface area contributed by atoms with Gasteiger partial charge < -0.3 is 0 Å². The third kappa shape index (κ3) is 6.62. The van der Waals surface area contributed by atoms with Gasteiger partial charge in [-0.1, -0.05) is 34.1 Å². The van der Waals surface area contributed by atoms with E-state index in [1.165, 1.54) is 0 Å². The Labute approximate surface area is 81.4 Å². The molecular weight excluding hydrogens is 295 g/mol. The fourth-order valence-electron chi connectivity index (χ4n) is 0.415. The van der Waals surface area contributed by atoms with Crippen molar-refractivity contribution < 1.29 is 0 Å². The molecule has 1 rings (SSSR count). The summed E-state index contributed by atoms with van der Waals surface area (Å²) in [4.78, 5) is 4.59. The quantitative estimate of drug-likeness (QED) is 0.646. The van der Waals surface area contributed by atoms with Crippen LogP contribution in [0.1, 0.15) is 0 Å². The Morgan fingerprint density at radius 2 is 1.50 bits per heavy atom. The van der Waals surface area contributed by atoms with Gasteiger partial charge in [-0.25, -0.2) is 0 Å². The van der Waals surface area contributed by atoms with Crippen molar-refractivity contribution >= 4 is 37.1 Å². The molecule has 0 atom stereocenters. The van der Waals surface area contributed by atoms with Crippen LogP contribution >= 0.6 is 15.9 Å². The first kappa shape index (κ1) is 10.5. The third-order valence-corrected chi connectivity index (χ3v) is 1.26. The van der Waals surface area contributed by atoms with E-state index in [1.807, 2.05) is 30.3 Å². The van der Waals surface area contributed by atoms with Gasteiger partial charge in [0.25, 0.3) is 0 Å². The molecule has 0 nitrogen and oxygen atoms in total. The van der Waals surface area contributed by atoms with Crippen molar-refractivity contribution in [2.75, 3.05) is 0 Å². The first-order valence-corrected chi connectivity index (χ1v) is 9.60. The fraction of sp³-hybridized carbons (Fsp3) is 0.250. The predicted octanol–water partition coefficient (Wildman–Crippen LogP) is 3.24. The van der Waals surface area contributed by atoms with Gasteiger partial charge in [0.1, 0.15) is 0 Å². The molecule has 0 heterocycles. The van der Waals surface area contributed by atoms with Gasteiger partial charge in [-0.3, -0.25) is 0 Å². The Hall–Kier alpha value is 0.499. The zero-order valence-corrected chi connectivity index (χ0v) is 10.7. The maximum absolute atomic E-state index is 3.31. The van der Waals surface area contributed by atoms with E-state index in [0.717, 1.165) is 4.47 Å². The summed E-state index contributed by atoms with van der Waals surface area (Å²) >= 11 is 3.54. The average Bonchev–Trinajstić information content (AvgIpc) is 1.91. The van der Waals surface area contributed by atoms with Crippen LogP contribution < -0.4 is 0 Å². The van der Waals surface area contributed by atoms with Gasteiger partial charge >= 0.3 is 31.0 Å². The van der Waals surface area contributed by atoms with Crippen molar-refractivity contribution in [1.29, 1.82) is 0 Å². The van der Waals surface area contributed by atoms with E-state index in [9.17, 15) is 0 Å². The van der Waals surface area contributed by atoms with Crippen LogP contribution in [0.2, 0.25) is 9.88 Å². The molecule has 0 bridgehead atoms. The average molecular weight is 306 g/mol. The Morgan fingerprint density at radius 1 is 1.10 bits per heavy atom. The molecule has 0 saturated carbocycles. The number of hydrogen-bond acceptors (Lipinski definition) is 0. The van der Waals surface area contributed by atoms with E-state index in [1.54, 1.807) is 0 Å². The molecule has 0 fully saturated rings. The molecule has 0 spiro atoms. The summed E-state index contributed by atoms with van der Waals surface area (Å²) in [5.74, 6) is 0. The molecule has 1 aromatic carbocycles. The molecule has 0 aliphatic heterocycles. The van der Waals surface area contributed by atoms with E-state index in [-0.39, 0.29) is 21.1 Å². The summed E-state index contributed by atoms with van der Waals surface area (Å²) in [6.07, 6.45) is 0. The molecule has 54 valence electrons. The molecule has 1 aromatic rings. The molecule has 2 heteroatoms. The van der Waals surface area contributed by atoms with Crippen molar-refractivity contribution in [2.45, 2.75) is 9.88 Å². The van der Waals surface area contributed by atoms with Crippen LogP contribution in [-0.4, -0.2) is 21.1 Å². The number of benzene rings is 1. The minimum atomic E-state index is 0.230. The molecule has 10 heavy (non-hydrogen) atoms. The second-order valence-corrected chi connectivity index (χ2v) is 5.57. The van der Waals surface area contributed by atoms with Gasteiger partial charge in [-0.15, -0.1) is 0 Å². The van der Waals surface area contributed by atoms with Gasteiger partial charge in [-0.05, 0) is 12.1 Å². The van der Waals surface area contributed by atoms with Crippen LogP contribution in [0.5, 0.6) is 0 Å². The van der Waals surface area contributed by atoms with E-state index >= 15 is 0 Å². The van der Waals surface area contributed by atoms with Crippen LogP contribution in [0.3, 0.4) is 0 Å². The van der Waals surface area contributed by atoms with Gasteiger partial charge in [-0.2, -0.15) is 0 Å². The Morgan fingerprint density at radius 3 is 1.70 bits per heavy atom. The molecule has 0 N–H and O–H groups in total. The zero-order chi connectivity index (χ0) is 7.82. The second-order valence-electron chi connectivity index (χ2n) is 1.80. The number of rotatable bonds is 0.